The predicted octanol–water partition coefficient (Wildman–Crippen LogP) is 1.75. The minimum absolute atomic E-state index is 0.240. The Balaban J connectivity index is 2.86. The van der Waals surface area contributed by atoms with Crippen LogP contribution in [0.5, 0.6) is 0 Å². The molecule has 0 unspecified atom stereocenters. The Morgan fingerprint density at radius 1 is 1.47 bits per heavy atom. The number of hydrogen-bond donors (Lipinski definition) is 2. The van der Waals surface area contributed by atoms with Gasteiger partial charge in [-0.05, 0) is 31.4 Å². The molecule has 0 aliphatic rings. The van der Waals surface area contributed by atoms with Gasteiger partial charge in [0.15, 0.2) is 0 Å². The largest absolute Gasteiger partial charge is 0.480 e. The summed E-state index contributed by atoms with van der Waals surface area (Å²) in [5.41, 5.74) is 0.240. The van der Waals surface area contributed by atoms with Crippen LogP contribution in [-0.4, -0.2) is 29.3 Å². The molecular weight excluding hydrogens is 245 g/mol. The highest BCUT2D eigenvalue weighted by Crippen LogP contribution is 2.20. The first kappa shape index (κ1) is 13.5. The molecule has 1 atom stereocenters. The van der Waals surface area contributed by atoms with Gasteiger partial charge in [-0.15, -0.1) is 11.8 Å². The van der Waals surface area contributed by atoms with Crippen molar-refractivity contribution in [3.63, 3.8) is 0 Å². The number of nitrogens with one attached hydrogen (secondary N) is 1. The zero-order valence-electron chi connectivity index (χ0n) is 9.36. The number of aliphatic carboxylic acids is 1. The summed E-state index contributed by atoms with van der Waals surface area (Å²) in [5, 5.41) is 10.9. The number of amides is 1. The summed E-state index contributed by atoms with van der Waals surface area (Å²) < 4.78 is 13.2. The van der Waals surface area contributed by atoms with Crippen molar-refractivity contribution in [3.05, 3.63) is 29.6 Å². The van der Waals surface area contributed by atoms with Gasteiger partial charge in [-0.1, -0.05) is 0 Å². The van der Waals surface area contributed by atoms with Crippen LogP contribution < -0.4 is 5.32 Å². The quantitative estimate of drug-likeness (QED) is 0.806. The van der Waals surface area contributed by atoms with E-state index in [1.807, 2.05) is 0 Å². The van der Waals surface area contributed by atoms with Crippen molar-refractivity contribution in [3.8, 4) is 0 Å². The second-order valence-corrected chi connectivity index (χ2v) is 4.23. The normalized spacial score (nSPS) is 11.9. The fourth-order valence-electron chi connectivity index (χ4n) is 1.14. The first-order chi connectivity index (χ1) is 7.95. The van der Waals surface area contributed by atoms with Crippen LogP contribution in [0.1, 0.15) is 17.3 Å². The van der Waals surface area contributed by atoms with E-state index in [1.165, 1.54) is 36.9 Å². The molecular formula is C11H12FNO3S. The maximum Gasteiger partial charge on any atom is 0.325 e. The van der Waals surface area contributed by atoms with Gasteiger partial charge < -0.3 is 10.4 Å². The predicted molar refractivity (Wildman–Crippen MR) is 62.7 cm³/mol. The molecule has 0 aromatic heterocycles. The molecule has 1 aromatic carbocycles. The van der Waals surface area contributed by atoms with E-state index >= 15 is 0 Å². The number of thioether (sulfide) groups is 1. The maximum absolute atomic E-state index is 13.2. The highest BCUT2D eigenvalue weighted by Gasteiger charge is 2.16. The van der Waals surface area contributed by atoms with Gasteiger partial charge in [0.2, 0.25) is 0 Å². The summed E-state index contributed by atoms with van der Waals surface area (Å²) in [4.78, 5) is 22.5. The van der Waals surface area contributed by atoms with Gasteiger partial charge in [-0.2, -0.15) is 0 Å². The fraction of sp³-hybridized carbons (Fsp3) is 0.273. The van der Waals surface area contributed by atoms with Gasteiger partial charge in [-0.25, -0.2) is 4.39 Å². The molecule has 0 saturated carbocycles. The summed E-state index contributed by atoms with van der Waals surface area (Å²) in [6, 6.07) is 2.92. The molecule has 1 rings (SSSR count). The smallest absolute Gasteiger partial charge is 0.325 e. The van der Waals surface area contributed by atoms with Gasteiger partial charge in [0.1, 0.15) is 11.9 Å². The van der Waals surface area contributed by atoms with Gasteiger partial charge in [-0.3, -0.25) is 9.59 Å². The monoisotopic (exact) mass is 257 g/mol. The molecule has 0 aliphatic heterocycles. The summed E-state index contributed by atoms with van der Waals surface area (Å²) in [6.07, 6.45) is 1.69. The third-order valence-electron chi connectivity index (χ3n) is 2.13. The van der Waals surface area contributed by atoms with E-state index in [0.717, 1.165) is 0 Å². The van der Waals surface area contributed by atoms with Crippen molar-refractivity contribution >= 4 is 23.6 Å². The summed E-state index contributed by atoms with van der Waals surface area (Å²) in [6.45, 7) is 1.36. The minimum atomic E-state index is -1.12. The Morgan fingerprint density at radius 2 is 2.12 bits per heavy atom. The lowest BCUT2D eigenvalue weighted by Crippen LogP contribution is -2.38. The summed E-state index contributed by atoms with van der Waals surface area (Å²) in [5.74, 6) is -2.05. The molecule has 2 N–H and O–H groups in total. The maximum atomic E-state index is 13.2. The number of rotatable bonds is 4. The number of benzene rings is 1. The highest BCUT2D eigenvalue weighted by atomic mass is 32.2. The zero-order chi connectivity index (χ0) is 13.0. The Bertz CT molecular complexity index is 450. The first-order valence-corrected chi connectivity index (χ1v) is 6.05. The van der Waals surface area contributed by atoms with E-state index in [0.29, 0.717) is 4.90 Å². The van der Waals surface area contributed by atoms with Crippen LogP contribution in [0, 0.1) is 5.82 Å². The first-order valence-electron chi connectivity index (χ1n) is 4.83. The van der Waals surface area contributed by atoms with Crippen LogP contribution in [0.3, 0.4) is 0 Å². The van der Waals surface area contributed by atoms with Crippen molar-refractivity contribution in [2.45, 2.75) is 17.9 Å². The number of carboxylic acid groups (broad SMARTS) is 1. The van der Waals surface area contributed by atoms with Crippen LogP contribution in [0.4, 0.5) is 4.39 Å². The van der Waals surface area contributed by atoms with Crippen LogP contribution in [-0.2, 0) is 4.79 Å². The van der Waals surface area contributed by atoms with Crippen LogP contribution in [0.25, 0.3) is 0 Å². The van der Waals surface area contributed by atoms with E-state index in [2.05, 4.69) is 5.32 Å². The zero-order valence-corrected chi connectivity index (χ0v) is 10.2. The van der Waals surface area contributed by atoms with Crippen molar-refractivity contribution in [1.82, 2.24) is 5.32 Å². The lowest BCUT2D eigenvalue weighted by Gasteiger charge is -2.10. The SMILES string of the molecule is CSc1cc(C(=O)N[C@@H](C)C(=O)O)ccc1F. The van der Waals surface area contributed by atoms with Crippen molar-refractivity contribution in [2.75, 3.05) is 6.26 Å². The Hall–Kier alpha value is -1.56. The molecule has 0 heterocycles. The Kier molecular flexibility index (Phi) is 4.51. The topological polar surface area (TPSA) is 66.4 Å². The molecule has 92 valence electrons. The lowest BCUT2D eigenvalue weighted by molar-refractivity contribution is -0.138. The summed E-state index contributed by atoms with van der Waals surface area (Å²) in [7, 11) is 0. The van der Waals surface area contributed by atoms with Crippen molar-refractivity contribution in [1.29, 1.82) is 0 Å². The van der Waals surface area contributed by atoms with Crippen molar-refractivity contribution in [2.24, 2.45) is 0 Å². The number of carboxylic acids is 1. The van der Waals surface area contributed by atoms with Gasteiger partial charge in [0.25, 0.3) is 5.91 Å². The third-order valence-corrected chi connectivity index (χ3v) is 2.88. The molecule has 0 aliphatic carbocycles. The molecule has 1 aromatic rings. The van der Waals surface area contributed by atoms with Crippen LogP contribution >= 0.6 is 11.8 Å². The fourth-order valence-corrected chi connectivity index (χ4v) is 1.65. The molecule has 0 fully saturated rings. The standard InChI is InChI=1S/C11H12FNO3S/c1-6(11(15)16)13-10(14)7-3-4-8(12)9(5-7)17-2/h3-6H,1-2H3,(H,13,14)(H,15,16)/t6-/m0/s1. The van der Waals surface area contributed by atoms with Crippen LogP contribution in [0.2, 0.25) is 0 Å². The molecule has 0 radical (unpaired) electrons. The number of carbonyl (C=O) groups is 2. The second-order valence-electron chi connectivity index (χ2n) is 3.38. The second kappa shape index (κ2) is 5.67. The highest BCUT2D eigenvalue weighted by molar-refractivity contribution is 7.98. The van der Waals surface area contributed by atoms with Gasteiger partial charge in [0.05, 0.1) is 0 Å². The van der Waals surface area contributed by atoms with Gasteiger partial charge in [0, 0.05) is 10.5 Å². The molecule has 0 bridgehead atoms. The average Bonchev–Trinajstić information content (AvgIpc) is 2.29. The number of halogens is 1. The van der Waals surface area contributed by atoms with E-state index in [-0.39, 0.29) is 5.56 Å². The molecule has 4 nitrogen and oxygen atoms in total. The third kappa shape index (κ3) is 3.45. The molecule has 0 saturated heterocycles. The molecule has 0 spiro atoms. The minimum Gasteiger partial charge on any atom is -0.480 e. The van der Waals surface area contributed by atoms with Crippen LogP contribution in [0.15, 0.2) is 23.1 Å². The van der Waals surface area contributed by atoms with E-state index < -0.39 is 23.7 Å². The summed E-state index contributed by atoms with van der Waals surface area (Å²) >= 11 is 1.18. The van der Waals surface area contributed by atoms with E-state index in [1.54, 1.807) is 6.26 Å². The van der Waals surface area contributed by atoms with Gasteiger partial charge >= 0.3 is 5.97 Å². The number of hydrogen-bond acceptors (Lipinski definition) is 3. The van der Waals surface area contributed by atoms with E-state index in [4.69, 9.17) is 5.11 Å². The molecule has 1 amide bonds. The average molecular weight is 257 g/mol. The molecule has 17 heavy (non-hydrogen) atoms. The number of carbonyl (C=O) groups excluding carboxylic acids is 1. The van der Waals surface area contributed by atoms with Crippen molar-refractivity contribution < 1.29 is 19.1 Å². The Morgan fingerprint density at radius 3 is 2.65 bits per heavy atom. The Labute approximate surface area is 102 Å². The lowest BCUT2D eigenvalue weighted by atomic mass is 10.2. The molecule has 6 heteroatoms. The van der Waals surface area contributed by atoms with E-state index in [9.17, 15) is 14.0 Å².